The molecule has 0 spiro atoms. The Balaban J connectivity index is 1.79. The summed E-state index contributed by atoms with van der Waals surface area (Å²) in [5.74, 6) is -1.55. The fraction of sp³-hybridized carbons (Fsp3) is 0.143. The first kappa shape index (κ1) is 25.9. The van der Waals surface area contributed by atoms with Gasteiger partial charge in [-0.3, -0.25) is 0 Å². The van der Waals surface area contributed by atoms with Crippen LogP contribution in [0.1, 0.15) is 16.7 Å². The van der Waals surface area contributed by atoms with Crippen LogP contribution >= 0.6 is 21.2 Å². The molecule has 2 N–H and O–H groups in total. The van der Waals surface area contributed by atoms with Crippen LogP contribution in [0.15, 0.2) is 65.6 Å². The number of ether oxygens (including phenoxy) is 1. The van der Waals surface area contributed by atoms with E-state index >= 15 is 0 Å². The predicted molar refractivity (Wildman–Crippen MR) is 114 cm³/mol. The first-order valence-electron chi connectivity index (χ1n) is 9.14. The van der Waals surface area contributed by atoms with Crippen molar-refractivity contribution in [1.82, 2.24) is 0 Å². The molecule has 3 rings (SSSR count). The molecule has 1 atom stereocenters. The summed E-state index contributed by atoms with van der Waals surface area (Å²) in [4.78, 5) is 0.0621. The fourth-order valence-electron chi connectivity index (χ4n) is 2.72. The highest BCUT2D eigenvalue weighted by Gasteiger charge is 2.35. The van der Waals surface area contributed by atoms with E-state index in [0.29, 0.717) is 24.1 Å². The van der Waals surface area contributed by atoms with Crippen molar-refractivity contribution in [3.63, 3.8) is 0 Å². The molecular formula is C21H14F8NO2PS. The van der Waals surface area contributed by atoms with Gasteiger partial charge in [0.15, 0.2) is 0 Å². The number of alkyl halides is 8. The van der Waals surface area contributed by atoms with E-state index in [1.807, 2.05) is 0 Å². The second-order valence-corrected chi connectivity index (χ2v) is 8.44. The molecule has 0 aliphatic carbocycles. The predicted octanol–water partition coefficient (Wildman–Crippen LogP) is 8.27. The van der Waals surface area contributed by atoms with Crippen LogP contribution in [0.2, 0.25) is 0 Å². The third-order valence-electron chi connectivity index (χ3n) is 4.31. The van der Waals surface area contributed by atoms with Crippen molar-refractivity contribution in [3.8, 4) is 17.2 Å². The Bertz CT molecular complexity index is 1160. The molecule has 182 valence electrons. The summed E-state index contributed by atoms with van der Waals surface area (Å²) in [7, 11) is 1.28. The van der Waals surface area contributed by atoms with Gasteiger partial charge in [0.05, 0.1) is 16.7 Å². The smallest absolute Gasteiger partial charge is 0.420 e. The van der Waals surface area contributed by atoms with Crippen LogP contribution in [-0.4, -0.2) is 5.11 Å². The number of phenolic OH excluding ortho intramolecular Hbond substituents is 1. The standard InChI is InChI=1S/C21H14F8NO2PS/c22-19(23,24)11-1-4-13(5-2-11)32-18-8-6-14(10-16(18)20(25,26)27)34-30-12-3-7-15(17(31)9-12)21(28,29)33/h1-10,30-31H,33H2. The van der Waals surface area contributed by atoms with Gasteiger partial charge in [-0.1, -0.05) is 9.24 Å². The molecule has 34 heavy (non-hydrogen) atoms. The normalized spacial score (nSPS) is 12.5. The Kier molecular flexibility index (Phi) is 7.23. The van der Waals surface area contributed by atoms with E-state index in [4.69, 9.17) is 4.74 Å². The molecular weight excluding hydrogens is 513 g/mol. The minimum absolute atomic E-state index is 0.0621. The Hall–Kier alpha value is -2.72. The highest BCUT2D eigenvalue weighted by molar-refractivity contribution is 8.00. The van der Waals surface area contributed by atoms with Gasteiger partial charge < -0.3 is 14.6 Å². The lowest BCUT2D eigenvalue weighted by atomic mass is 10.2. The van der Waals surface area contributed by atoms with Gasteiger partial charge in [0, 0.05) is 16.6 Å². The van der Waals surface area contributed by atoms with Crippen molar-refractivity contribution in [1.29, 1.82) is 0 Å². The molecule has 0 aliphatic rings. The molecule has 0 bridgehead atoms. The lowest BCUT2D eigenvalue weighted by molar-refractivity contribution is -0.139. The van der Waals surface area contributed by atoms with Gasteiger partial charge in [-0.25, -0.2) is 0 Å². The van der Waals surface area contributed by atoms with Crippen LogP contribution < -0.4 is 9.46 Å². The molecule has 0 heterocycles. The van der Waals surface area contributed by atoms with Crippen LogP contribution in [0.5, 0.6) is 17.2 Å². The zero-order chi connectivity index (χ0) is 25.3. The van der Waals surface area contributed by atoms with E-state index in [2.05, 4.69) is 4.72 Å². The number of benzene rings is 3. The molecule has 0 fully saturated rings. The summed E-state index contributed by atoms with van der Waals surface area (Å²) in [6.07, 6.45) is -9.45. The van der Waals surface area contributed by atoms with Crippen molar-refractivity contribution < 1.29 is 45.0 Å². The molecule has 3 aromatic rings. The Morgan fingerprint density at radius 1 is 0.765 bits per heavy atom. The number of hydrogen-bond donors (Lipinski definition) is 2. The number of aromatic hydroxyl groups is 1. The van der Waals surface area contributed by atoms with E-state index in [9.17, 15) is 40.2 Å². The first-order chi connectivity index (χ1) is 15.6. The molecule has 0 radical (unpaired) electrons. The maximum absolute atomic E-state index is 13.6. The lowest BCUT2D eigenvalue weighted by Crippen LogP contribution is -2.08. The number of nitrogens with one attached hydrogen (secondary N) is 1. The van der Waals surface area contributed by atoms with Gasteiger partial charge >= 0.3 is 12.4 Å². The number of halogens is 8. The van der Waals surface area contributed by atoms with Crippen LogP contribution in [0.3, 0.4) is 0 Å². The number of phenols is 1. The number of rotatable bonds is 6. The van der Waals surface area contributed by atoms with Gasteiger partial charge in [-0.05, 0) is 66.5 Å². The highest BCUT2D eigenvalue weighted by Crippen LogP contribution is 2.43. The topological polar surface area (TPSA) is 41.5 Å². The Morgan fingerprint density at radius 3 is 1.94 bits per heavy atom. The zero-order valence-corrected chi connectivity index (χ0v) is 18.6. The Morgan fingerprint density at radius 2 is 1.41 bits per heavy atom. The number of anilines is 1. The molecule has 1 unspecified atom stereocenters. The van der Waals surface area contributed by atoms with Gasteiger partial charge in [0.25, 0.3) is 5.66 Å². The molecule has 0 aliphatic heterocycles. The summed E-state index contributed by atoms with van der Waals surface area (Å²) in [6.45, 7) is 0. The second kappa shape index (κ2) is 9.50. The van der Waals surface area contributed by atoms with Gasteiger partial charge in [-0.2, -0.15) is 35.1 Å². The third kappa shape index (κ3) is 6.44. The molecule has 0 aromatic heterocycles. The molecule has 13 heteroatoms. The average Bonchev–Trinajstić information content (AvgIpc) is 2.71. The van der Waals surface area contributed by atoms with Crippen molar-refractivity contribution in [2.24, 2.45) is 0 Å². The molecule has 0 saturated carbocycles. The average molecular weight is 527 g/mol. The van der Waals surface area contributed by atoms with Gasteiger partial charge in [0.1, 0.15) is 17.2 Å². The van der Waals surface area contributed by atoms with Crippen LogP contribution in [0, 0.1) is 0 Å². The summed E-state index contributed by atoms with van der Waals surface area (Å²) in [6, 6.07) is 9.37. The van der Waals surface area contributed by atoms with Gasteiger partial charge in [0.2, 0.25) is 0 Å². The van der Waals surface area contributed by atoms with E-state index in [0.717, 1.165) is 36.4 Å². The van der Waals surface area contributed by atoms with E-state index in [-0.39, 0.29) is 16.3 Å². The summed E-state index contributed by atoms with van der Waals surface area (Å²) in [5.41, 5.74) is -6.01. The van der Waals surface area contributed by atoms with Crippen molar-refractivity contribution >= 4 is 26.9 Å². The third-order valence-corrected chi connectivity index (χ3v) is 5.45. The first-order valence-corrected chi connectivity index (χ1v) is 10.5. The molecule has 3 nitrogen and oxygen atoms in total. The van der Waals surface area contributed by atoms with Gasteiger partial charge in [-0.15, -0.1) is 0 Å². The highest BCUT2D eigenvalue weighted by atomic mass is 32.2. The minimum Gasteiger partial charge on any atom is -0.507 e. The van der Waals surface area contributed by atoms with Crippen LogP contribution in [0.4, 0.5) is 40.8 Å². The van der Waals surface area contributed by atoms with Crippen molar-refractivity contribution in [3.05, 3.63) is 77.4 Å². The Labute approximate surface area is 194 Å². The summed E-state index contributed by atoms with van der Waals surface area (Å²) >= 11 is 0.711. The van der Waals surface area contributed by atoms with Crippen LogP contribution in [-0.2, 0) is 18.0 Å². The van der Waals surface area contributed by atoms with E-state index in [1.54, 1.807) is 0 Å². The molecule has 3 aromatic carbocycles. The summed E-state index contributed by atoms with van der Waals surface area (Å²) < 4.78 is 113. The summed E-state index contributed by atoms with van der Waals surface area (Å²) in [5, 5.41) is 9.74. The number of hydrogen-bond acceptors (Lipinski definition) is 4. The SMILES string of the molecule is Oc1cc(NSc2ccc(Oc3ccc(C(F)(F)F)cc3)c(C(F)(F)F)c2)ccc1C(F)(F)P. The van der Waals surface area contributed by atoms with Crippen molar-refractivity contribution in [2.75, 3.05) is 4.72 Å². The quantitative estimate of drug-likeness (QED) is 0.192. The molecule has 0 saturated heterocycles. The van der Waals surface area contributed by atoms with Crippen LogP contribution in [0.25, 0.3) is 0 Å². The maximum Gasteiger partial charge on any atom is 0.420 e. The molecule has 0 amide bonds. The van der Waals surface area contributed by atoms with E-state index < -0.39 is 46.2 Å². The fourth-order valence-corrected chi connectivity index (χ4v) is 3.64. The minimum atomic E-state index is -4.85. The lowest BCUT2D eigenvalue weighted by Gasteiger charge is -2.16. The largest absolute Gasteiger partial charge is 0.507 e. The zero-order valence-electron chi connectivity index (χ0n) is 16.6. The van der Waals surface area contributed by atoms with Crippen molar-refractivity contribution in [2.45, 2.75) is 22.9 Å². The second-order valence-electron chi connectivity index (χ2n) is 6.84. The maximum atomic E-state index is 13.6. The monoisotopic (exact) mass is 527 g/mol. The van der Waals surface area contributed by atoms with E-state index in [1.165, 1.54) is 21.4 Å².